The first-order valence-electron chi connectivity index (χ1n) is 5.92. The number of anilines is 1. The van der Waals surface area contributed by atoms with Crippen molar-refractivity contribution < 1.29 is 14.3 Å². The van der Waals surface area contributed by atoms with Crippen molar-refractivity contribution >= 4 is 29.1 Å². The fourth-order valence-corrected chi connectivity index (χ4v) is 1.88. The summed E-state index contributed by atoms with van der Waals surface area (Å²) in [6.45, 7) is 0. The van der Waals surface area contributed by atoms with Gasteiger partial charge in [-0.3, -0.25) is 14.6 Å². The van der Waals surface area contributed by atoms with Gasteiger partial charge in [-0.05, 0) is 30.3 Å². The van der Waals surface area contributed by atoms with E-state index in [0.29, 0.717) is 22.0 Å². The topological polar surface area (TPSA) is 94.3 Å². The van der Waals surface area contributed by atoms with Crippen molar-refractivity contribution in [3.05, 3.63) is 52.8 Å². The first kappa shape index (κ1) is 14.8. The maximum Gasteiger partial charge on any atom is 0.267 e. The molecule has 1 aromatic carbocycles. The van der Waals surface area contributed by atoms with Gasteiger partial charge in [0.15, 0.2) is 0 Å². The molecule has 0 aliphatic carbocycles. The minimum absolute atomic E-state index is 0.0963. The lowest BCUT2D eigenvalue weighted by molar-refractivity contribution is 0.0990. The number of nitrogens with two attached hydrogens (primary N) is 1. The number of methoxy groups -OCH3 is 1. The number of aromatic nitrogens is 1. The Labute approximate surface area is 125 Å². The quantitative estimate of drug-likeness (QED) is 0.904. The molecule has 108 valence electrons. The second kappa shape index (κ2) is 6.23. The first-order valence-corrected chi connectivity index (χ1v) is 6.30. The number of benzene rings is 1. The van der Waals surface area contributed by atoms with E-state index < -0.39 is 5.91 Å². The molecule has 0 fully saturated rings. The number of hydrogen-bond acceptors (Lipinski definition) is 4. The Morgan fingerprint density at radius 3 is 2.57 bits per heavy atom. The van der Waals surface area contributed by atoms with Gasteiger partial charge in [-0.25, -0.2) is 0 Å². The van der Waals surface area contributed by atoms with E-state index in [9.17, 15) is 9.59 Å². The fourth-order valence-electron chi connectivity index (χ4n) is 1.62. The van der Waals surface area contributed by atoms with Crippen LogP contribution in [-0.4, -0.2) is 23.9 Å². The van der Waals surface area contributed by atoms with E-state index in [4.69, 9.17) is 22.1 Å². The lowest BCUT2D eigenvalue weighted by Crippen LogP contribution is -2.15. The Kier molecular flexibility index (Phi) is 4.39. The van der Waals surface area contributed by atoms with Crippen LogP contribution in [-0.2, 0) is 0 Å². The summed E-state index contributed by atoms with van der Waals surface area (Å²) in [5.41, 5.74) is 5.99. The van der Waals surface area contributed by atoms with Crippen LogP contribution >= 0.6 is 11.6 Å². The van der Waals surface area contributed by atoms with Crippen molar-refractivity contribution in [3.8, 4) is 5.75 Å². The molecule has 0 bridgehead atoms. The molecule has 0 atom stereocenters. The summed E-state index contributed by atoms with van der Waals surface area (Å²) >= 11 is 5.97. The molecule has 1 heterocycles. The smallest absolute Gasteiger partial charge is 0.267 e. The number of hydrogen-bond donors (Lipinski definition) is 2. The number of rotatable bonds is 4. The molecule has 0 aliphatic rings. The molecule has 3 N–H and O–H groups in total. The zero-order valence-corrected chi connectivity index (χ0v) is 11.8. The van der Waals surface area contributed by atoms with Gasteiger partial charge in [-0.15, -0.1) is 0 Å². The predicted molar refractivity (Wildman–Crippen MR) is 78.7 cm³/mol. The number of ether oxygens (including phenoxy) is 1. The summed E-state index contributed by atoms with van der Waals surface area (Å²) in [6, 6.07) is 7.73. The standard InChI is InChI=1S/C14H12ClN3O3/c1-21-12-5-3-9(6-10(12)15)18-14(20)8-2-4-11(13(16)19)17-7-8/h2-7H,1H3,(H2,16,19)(H,18,20). The normalized spacial score (nSPS) is 10.0. The van der Waals surface area contributed by atoms with Crippen molar-refractivity contribution in [2.75, 3.05) is 12.4 Å². The summed E-state index contributed by atoms with van der Waals surface area (Å²) in [5, 5.41) is 3.05. The van der Waals surface area contributed by atoms with Gasteiger partial charge in [0.25, 0.3) is 11.8 Å². The molecule has 2 aromatic rings. The maximum atomic E-state index is 12.0. The van der Waals surface area contributed by atoms with Crippen LogP contribution in [0.3, 0.4) is 0 Å². The number of nitrogens with one attached hydrogen (secondary N) is 1. The van der Waals surface area contributed by atoms with Crippen molar-refractivity contribution in [1.82, 2.24) is 4.98 Å². The van der Waals surface area contributed by atoms with Crippen LogP contribution in [0.25, 0.3) is 0 Å². The zero-order chi connectivity index (χ0) is 15.4. The maximum absolute atomic E-state index is 12.0. The van der Waals surface area contributed by atoms with Crippen LogP contribution < -0.4 is 15.8 Å². The monoisotopic (exact) mass is 305 g/mol. The number of amides is 2. The number of pyridine rings is 1. The highest BCUT2D eigenvalue weighted by Gasteiger charge is 2.10. The fraction of sp³-hybridized carbons (Fsp3) is 0.0714. The van der Waals surface area contributed by atoms with Gasteiger partial charge >= 0.3 is 0 Å². The largest absolute Gasteiger partial charge is 0.495 e. The molecule has 0 spiro atoms. The third kappa shape index (κ3) is 3.49. The molecule has 21 heavy (non-hydrogen) atoms. The minimum atomic E-state index is -0.649. The summed E-state index contributed by atoms with van der Waals surface area (Å²) in [7, 11) is 1.51. The number of carbonyl (C=O) groups is 2. The van der Waals surface area contributed by atoms with Gasteiger partial charge in [0, 0.05) is 11.9 Å². The van der Waals surface area contributed by atoms with E-state index in [1.165, 1.54) is 25.4 Å². The Bertz CT molecular complexity index is 686. The highest BCUT2D eigenvalue weighted by atomic mass is 35.5. The predicted octanol–water partition coefficient (Wildman–Crippen LogP) is 2.09. The van der Waals surface area contributed by atoms with Gasteiger partial charge in [0.1, 0.15) is 11.4 Å². The third-order valence-corrected chi connectivity index (χ3v) is 2.98. The van der Waals surface area contributed by atoms with E-state index in [-0.39, 0.29) is 11.6 Å². The molecule has 0 aliphatic heterocycles. The van der Waals surface area contributed by atoms with Crippen molar-refractivity contribution in [3.63, 3.8) is 0 Å². The van der Waals surface area contributed by atoms with Crippen LogP contribution in [0, 0.1) is 0 Å². The lowest BCUT2D eigenvalue weighted by Gasteiger charge is -2.08. The van der Waals surface area contributed by atoms with Gasteiger partial charge in [-0.1, -0.05) is 11.6 Å². The Morgan fingerprint density at radius 2 is 2.05 bits per heavy atom. The molecular formula is C14H12ClN3O3. The Hall–Kier alpha value is -2.60. The Morgan fingerprint density at radius 1 is 1.29 bits per heavy atom. The highest BCUT2D eigenvalue weighted by molar-refractivity contribution is 6.32. The molecule has 2 amide bonds. The lowest BCUT2D eigenvalue weighted by atomic mass is 10.2. The van der Waals surface area contributed by atoms with Crippen LogP contribution in [0.1, 0.15) is 20.8 Å². The van der Waals surface area contributed by atoms with Crippen LogP contribution in [0.4, 0.5) is 5.69 Å². The number of nitrogens with zero attached hydrogens (tertiary/aromatic N) is 1. The molecule has 6 nitrogen and oxygen atoms in total. The molecular weight excluding hydrogens is 294 g/mol. The van der Waals surface area contributed by atoms with Gasteiger partial charge in [0.05, 0.1) is 17.7 Å². The third-order valence-electron chi connectivity index (χ3n) is 2.69. The molecule has 0 saturated heterocycles. The highest BCUT2D eigenvalue weighted by Crippen LogP contribution is 2.27. The summed E-state index contributed by atoms with van der Waals surface area (Å²) < 4.78 is 5.03. The second-order valence-electron chi connectivity index (χ2n) is 4.10. The summed E-state index contributed by atoms with van der Waals surface area (Å²) in [5.74, 6) is -0.509. The Balaban J connectivity index is 2.14. The molecule has 0 saturated carbocycles. The van der Waals surface area contributed by atoms with Crippen molar-refractivity contribution in [2.24, 2.45) is 5.73 Å². The van der Waals surface area contributed by atoms with E-state index in [2.05, 4.69) is 10.3 Å². The average molecular weight is 306 g/mol. The van der Waals surface area contributed by atoms with E-state index in [1.807, 2.05) is 0 Å². The summed E-state index contributed by atoms with van der Waals surface area (Å²) in [4.78, 5) is 26.7. The van der Waals surface area contributed by atoms with Gasteiger partial charge in [0.2, 0.25) is 0 Å². The van der Waals surface area contributed by atoms with Crippen LogP contribution in [0.15, 0.2) is 36.5 Å². The first-order chi connectivity index (χ1) is 10.0. The molecule has 0 radical (unpaired) electrons. The second-order valence-corrected chi connectivity index (χ2v) is 4.51. The van der Waals surface area contributed by atoms with Gasteiger partial charge < -0.3 is 15.8 Å². The minimum Gasteiger partial charge on any atom is -0.495 e. The number of carbonyl (C=O) groups excluding carboxylic acids is 2. The van der Waals surface area contributed by atoms with Crippen molar-refractivity contribution in [1.29, 1.82) is 0 Å². The number of primary amides is 1. The van der Waals surface area contributed by atoms with E-state index in [1.54, 1.807) is 18.2 Å². The van der Waals surface area contributed by atoms with Crippen molar-refractivity contribution in [2.45, 2.75) is 0 Å². The van der Waals surface area contributed by atoms with E-state index in [0.717, 1.165) is 0 Å². The SMILES string of the molecule is COc1ccc(NC(=O)c2ccc(C(N)=O)nc2)cc1Cl. The molecule has 1 aromatic heterocycles. The molecule has 0 unspecified atom stereocenters. The zero-order valence-electron chi connectivity index (χ0n) is 11.1. The van der Waals surface area contributed by atoms with Gasteiger partial charge in [-0.2, -0.15) is 0 Å². The average Bonchev–Trinajstić information content (AvgIpc) is 2.47. The summed E-state index contributed by atoms with van der Waals surface area (Å²) in [6.07, 6.45) is 1.28. The molecule has 7 heteroatoms. The van der Waals surface area contributed by atoms with Crippen LogP contribution in [0.5, 0.6) is 5.75 Å². The number of halogens is 1. The van der Waals surface area contributed by atoms with Crippen LogP contribution in [0.2, 0.25) is 5.02 Å². The molecule has 2 rings (SSSR count). The van der Waals surface area contributed by atoms with E-state index >= 15 is 0 Å².